The smallest absolute Gasteiger partial charge is 0.387 e. The summed E-state index contributed by atoms with van der Waals surface area (Å²) in [6.45, 7) is -1.30. The van der Waals surface area contributed by atoms with Crippen LogP contribution in [0.15, 0.2) is 16.6 Å². The molecule has 0 bridgehead atoms. The van der Waals surface area contributed by atoms with Gasteiger partial charge in [-0.25, -0.2) is 0 Å². The number of carbonyl (C=O) groups excluding carboxylic acids is 1. The summed E-state index contributed by atoms with van der Waals surface area (Å²) >= 11 is 3.20. The number of hydrogen-bond donors (Lipinski definition) is 0. The Hall–Kier alpha value is -1.17. The van der Waals surface area contributed by atoms with Crippen molar-refractivity contribution >= 4 is 21.9 Å². The van der Waals surface area contributed by atoms with Crippen LogP contribution in [0, 0.1) is 6.92 Å². The molecule has 0 N–H and O–H groups in total. The third-order valence-corrected chi connectivity index (χ3v) is 2.90. The van der Waals surface area contributed by atoms with Gasteiger partial charge in [0, 0.05) is 10.0 Å². The van der Waals surface area contributed by atoms with E-state index in [2.05, 4.69) is 25.4 Å². The molecule has 3 nitrogen and oxygen atoms in total. The van der Waals surface area contributed by atoms with Crippen molar-refractivity contribution in [2.75, 3.05) is 7.11 Å². The van der Waals surface area contributed by atoms with E-state index in [0.29, 0.717) is 15.6 Å². The number of benzene rings is 1. The van der Waals surface area contributed by atoms with Crippen LogP contribution in [0.1, 0.15) is 11.1 Å². The summed E-state index contributed by atoms with van der Waals surface area (Å²) in [7, 11) is 1.24. The van der Waals surface area contributed by atoms with Crippen molar-refractivity contribution in [3.63, 3.8) is 0 Å². The van der Waals surface area contributed by atoms with E-state index in [1.807, 2.05) is 0 Å². The van der Waals surface area contributed by atoms with Gasteiger partial charge in [-0.1, -0.05) is 22.0 Å². The van der Waals surface area contributed by atoms with Crippen molar-refractivity contribution in [2.45, 2.75) is 20.0 Å². The Kier molecular flexibility index (Phi) is 4.86. The van der Waals surface area contributed by atoms with Crippen molar-refractivity contribution in [1.82, 2.24) is 0 Å². The maximum absolute atomic E-state index is 12.3. The molecule has 17 heavy (non-hydrogen) atoms. The minimum absolute atomic E-state index is 0.0137. The Bertz CT molecular complexity index is 421. The lowest BCUT2D eigenvalue weighted by Gasteiger charge is -2.14. The fraction of sp³-hybridized carbons (Fsp3) is 0.364. The summed E-state index contributed by atoms with van der Waals surface area (Å²) < 4.78 is 34.0. The molecule has 0 unspecified atom stereocenters. The number of methoxy groups -OCH3 is 1. The van der Waals surface area contributed by atoms with Gasteiger partial charge in [-0.3, -0.25) is 4.79 Å². The molecule has 0 aliphatic rings. The molecule has 0 radical (unpaired) electrons. The summed E-state index contributed by atoms with van der Waals surface area (Å²) in [5.41, 5.74) is 0.893. The number of esters is 1. The molecule has 0 aliphatic carbocycles. The highest BCUT2D eigenvalue weighted by atomic mass is 79.9. The third kappa shape index (κ3) is 3.66. The standard InChI is InChI=1S/C11H11BrF2O3/c1-6-3-4-8(12)7(5-9(15)16-2)10(6)17-11(13)14/h3-4,11H,5H2,1-2H3. The summed E-state index contributed by atoms with van der Waals surface area (Å²) in [6, 6.07) is 3.30. The van der Waals surface area contributed by atoms with E-state index in [4.69, 9.17) is 0 Å². The molecule has 0 spiro atoms. The number of aryl methyl sites for hydroxylation is 1. The fourth-order valence-corrected chi connectivity index (χ4v) is 1.81. The molecule has 1 aromatic rings. The largest absolute Gasteiger partial charge is 0.469 e. The minimum atomic E-state index is -2.93. The minimum Gasteiger partial charge on any atom is -0.469 e. The first-order valence-corrected chi connectivity index (χ1v) is 5.54. The summed E-state index contributed by atoms with van der Waals surface area (Å²) in [4.78, 5) is 11.2. The second-order valence-electron chi connectivity index (χ2n) is 3.30. The predicted octanol–water partition coefficient (Wildman–Crippen LogP) is 3.07. The van der Waals surface area contributed by atoms with Crippen molar-refractivity contribution in [3.8, 4) is 5.75 Å². The van der Waals surface area contributed by atoms with Crippen LogP contribution in [0.5, 0.6) is 5.75 Å². The first kappa shape index (κ1) is 13.9. The van der Waals surface area contributed by atoms with Gasteiger partial charge in [-0.05, 0) is 18.6 Å². The van der Waals surface area contributed by atoms with Crippen LogP contribution in [0.25, 0.3) is 0 Å². The topological polar surface area (TPSA) is 35.5 Å². The lowest BCUT2D eigenvalue weighted by Crippen LogP contribution is -2.11. The number of hydrogen-bond acceptors (Lipinski definition) is 3. The molecule has 0 amide bonds. The van der Waals surface area contributed by atoms with E-state index < -0.39 is 12.6 Å². The fourth-order valence-electron chi connectivity index (χ4n) is 1.36. The molecule has 0 atom stereocenters. The monoisotopic (exact) mass is 308 g/mol. The van der Waals surface area contributed by atoms with E-state index in [-0.39, 0.29) is 12.2 Å². The number of alkyl halides is 2. The molecule has 0 fully saturated rings. The van der Waals surface area contributed by atoms with Crippen LogP contribution in [-0.2, 0) is 16.0 Å². The summed E-state index contributed by atoms with van der Waals surface area (Å²) in [5, 5.41) is 0. The maximum Gasteiger partial charge on any atom is 0.387 e. The van der Waals surface area contributed by atoms with Crippen LogP contribution in [-0.4, -0.2) is 19.7 Å². The lowest BCUT2D eigenvalue weighted by molar-refractivity contribution is -0.139. The molecule has 0 aliphatic heterocycles. The first-order chi connectivity index (χ1) is 7.95. The van der Waals surface area contributed by atoms with Crippen LogP contribution < -0.4 is 4.74 Å². The zero-order chi connectivity index (χ0) is 13.0. The second kappa shape index (κ2) is 5.95. The van der Waals surface area contributed by atoms with Crippen LogP contribution in [0.2, 0.25) is 0 Å². The maximum atomic E-state index is 12.3. The van der Waals surface area contributed by atoms with Crippen molar-refractivity contribution in [1.29, 1.82) is 0 Å². The van der Waals surface area contributed by atoms with Gasteiger partial charge in [-0.15, -0.1) is 0 Å². The highest BCUT2D eigenvalue weighted by Gasteiger charge is 2.18. The molecule has 1 rings (SSSR count). The van der Waals surface area contributed by atoms with Gasteiger partial charge in [0.25, 0.3) is 0 Å². The van der Waals surface area contributed by atoms with Gasteiger partial charge in [0.15, 0.2) is 0 Å². The number of carbonyl (C=O) groups is 1. The van der Waals surface area contributed by atoms with E-state index in [0.717, 1.165) is 0 Å². The zero-order valence-corrected chi connectivity index (χ0v) is 10.9. The highest BCUT2D eigenvalue weighted by molar-refractivity contribution is 9.10. The van der Waals surface area contributed by atoms with Crippen LogP contribution in [0.4, 0.5) is 8.78 Å². The quantitative estimate of drug-likeness (QED) is 0.802. The van der Waals surface area contributed by atoms with E-state index in [9.17, 15) is 13.6 Å². The zero-order valence-electron chi connectivity index (χ0n) is 9.30. The van der Waals surface area contributed by atoms with Crippen molar-refractivity contribution < 1.29 is 23.0 Å². The van der Waals surface area contributed by atoms with Gasteiger partial charge in [0.2, 0.25) is 0 Å². The number of halogens is 3. The molecular formula is C11H11BrF2O3. The Morgan fingerprint density at radius 1 is 1.47 bits per heavy atom. The van der Waals surface area contributed by atoms with E-state index in [1.165, 1.54) is 7.11 Å². The van der Waals surface area contributed by atoms with E-state index in [1.54, 1.807) is 19.1 Å². The normalized spacial score (nSPS) is 10.5. The molecule has 1 aromatic carbocycles. The first-order valence-electron chi connectivity index (χ1n) is 4.75. The molecule has 0 heterocycles. The van der Waals surface area contributed by atoms with Crippen molar-refractivity contribution in [3.05, 3.63) is 27.7 Å². The average molecular weight is 309 g/mol. The Balaban J connectivity index is 3.14. The number of rotatable bonds is 4. The number of ether oxygens (including phenoxy) is 2. The Morgan fingerprint density at radius 3 is 2.65 bits per heavy atom. The van der Waals surface area contributed by atoms with Gasteiger partial charge < -0.3 is 9.47 Å². The SMILES string of the molecule is COC(=O)Cc1c(Br)ccc(C)c1OC(F)F. The predicted molar refractivity (Wildman–Crippen MR) is 61.2 cm³/mol. The van der Waals surface area contributed by atoms with Gasteiger partial charge in [0.05, 0.1) is 13.5 Å². The molecule has 94 valence electrons. The summed E-state index contributed by atoms with van der Waals surface area (Å²) in [5.74, 6) is -0.504. The van der Waals surface area contributed by atoms with Gasteiger partial charge in [-0.2, -0.15) is 8.78 Å². The second-order valence-corrected chi connectivity index (χ2v) is 4.16. The van der Waals surface area contributed by atoms with Gasteiger partial charge in [0.1, 0.15) is 5.75 Å². The van der Waals surface area contributed by atoms with Crippen LogP contribution >= 0.6 is 15.9 Å². The molecular weight excluding hydrogens is 298 g/mol. The third-order valence-electron chi connectivity index (χ3n) is 2.16. The molecule has 0 saturated carbocycles. The van der Waals surface area contributed by atoms with E-state index >= 15 is 0 Å². The van der Waals surface area contributed by atoms with Gasteiger partial charge >= 0.3 is 12.6 Å². The average Bonchev–Trinajstić information content (AvgIpc) is 2.27. The summed E-state index contributed by atoms with van der Waals surface area (Å²) in [6.07, 6.45) is -0.124. The molecule has 0 aromatic heterocycles. The van der Waals surface area contributed by atoms with Crippen LogP contribution in [0.3, 0.4) is 0 Å². The lowest BCUT2D eigenvalue weighted by atomic mass is 10.1. The Labute approximate surface area is 106 Å². The highest BCUT2D eigenvalue weighted by Crippen LogP contribution is 2.32. The van der Waals surface area contributed by atoms with Crippen molar-refractivity contribution in [2.24, 2.45) is 0 Å². The molecule has 0 saturated heterocycles. The molecule has 6 heteroatoms. The Morgan fingerprint density at radius 2 is 2.12 bits per heavy atom.